The second kappa shape index (κ2) is 6.75. The molecule has 0 saturated carbocycles. The molecule has 1 aromatic carbocycles. The topological polar surface area (TPSA) is 96.2 Å². The highest BCUT2D eigenvalue weighted by molar-refractivity contribution is 5.92. The van der Waals surface area contributed by atoms with Gasteiger partial charge in [0, 0.05) is 18.7 Å². The van der Waals surface area contributed by atoms with Crippen molar-refractivity contribution in [3.8, 4) is 0 Å². The zero-order chi connectivity index (χ0) is 16.1. The first kappa shape index (κ1) is 15.6. The molecular weight excluding hydrogens is 284 g/mol. The Morgan fingerprint density at radius 2 is 2.09 bits per heavy atom. The molecule has 0 aliphatic heterocycles. The molecule has 0 saturated heterocycles. The minimum Gasteiger partial charge on any atom is -0.481 e. The summed E-state index contributed by atoms with van der Waals surface area (Å²) in [6.07, 6.45) is 0.393. The first-order valence-electron chi connectivity index (χ1n) is 6.89. The molecule has 22 heavy (non-hydrogen) atoms. The summed E-state index contributed by atoms with van der Waals surface area (Å²) < 4.78 is 1.76. The van der Waals surface area contributed by atoms with Crippen LogP contribution in [-0.2, 0) is 4.79 Å². The molecule has 0 aliphatic rings. The van der Waals surface area contributed by atoms with Crippen molar-refractivity contribution in [3.05, 3.63) is 30.8 Å². The molecule has 7 heteroatoms. The number of benzene rings is 1. The number of hydrogen-bond donors (Lipinski definition) is 3. The van der Waals surface area contributed by atoms with E-state index >= 15 is 0 Å². The van der Waals surface area contributed by atoms with Crippen molar-refractivity contribution in [1.29, 1.82) is 0 Å². The number of carbonyl (C=O) groups excluding carboxylic acids is 1. The minimum absolute atomic E-state index is 0.0184. The fourth-order valence-electron chi connectivity index (χ4n) is 2.08. The summed E-state index contributed by atoms with van der Waals surface area (Å²) in [6, 6.07) is 7.08. The number of imidazole rings is 1. The number of carboxylic acid groups (broad SMARTS) is 1. The molecule has 2 amide bonds. The van der Waals surface area contributed by atoms with E-state index in [1.807, 2.05) is 31.2 Å². The molecule has 7 nitrogen and oxygen atoms in total. The van der Waals surface area contributed by atoms with Crippen molar-refractivity contribution in [2.75, 3.05) is 11.9 Å². The van der Waals surface area contributed by atoms with E-state index < -0.39 is 12.0 Å². The number of aliphatic carboxylic acids is 1. The average Bonchev–Trinajstić information content (AvgIpc) is 2.81. The number of aromatic nitrogens is 2. The van der Waals surface area contributed by atoms with E-state index in [2.05, 4.69) is 22.2 Å². The summed E-state index contributed by atoms with van der Waals surface area (Å²) in [6.45, 7) is 6.00. The lowest BCUT2D eigenvalue weighted by Crippen LogP contribution is -2.30. The van der Waals surface area contributed by atoms with Crippen LogP contribution in [0.25, 0.3) is 16.7 Å². The van der Waals surface area contributed by atoms with E-state index in [0.29, 0.717) is 12.4 Å². The van der Waals surface area contributed by atoms with Crippen LogP contribution in [0.2, 0.25) is 0 Å². The van der Waals surface area contributed by atoms with E-state index in [0.717, 1.165) is 16.7 Å². The number of hydrogen-bond acceptors (Lipinski definition) is 3. The molecule has 0 unspecified atom stereocenters. The second-order valence-electron chi connectivity index (χ2n) is 4.87. The molecule has 0 atom stereocenters. The maximum Gasteiger partial charge on any atom is 0.321 e. The summed E-state index contributed by atoms with van der Waals surface area (Å²) in [5, 5.41) is 13.8. The van der Waals surface area contributed by atoms with Crippen LogP contribution in [0.15, 0.2) is 30.8 Å². The SMILES string of the molecule is C=C(C)n1c(NC(=O)NCCCC(=O)O)nc2ccccc21. The van der Waals surface area contributed by atoms with E-state index in [1.54, 1.807) is 4.57 Å². The highest BCUT2D eigenvalue weighted by atomic mass is 16.4. The van der Waals surface area contributed by atoms with Crippen LogP contribution in [-0.4, -0.2) is 33.2 Å². The van der Waals surface area contributed by atoms with Crippen LogP contribution >= 0.6 is 0 Å². The van der Waals surface area contributed by atoms with Gasteiger partial charge >= 0.3 is 12.0 Å². The van der Waals surface area contributed by atoms with Crippen molar-refractivity contribution < 1.29 is 14.7 Å². The van der Waals surface area contributed by atoms with E-state index in [1.165, 1.54) is 0 Å². The van der Waals surface area contributed by atoms with Crippen LogP contribution in [0.1, 0.15) is 19.8 Å². The number of amides is 2. The quantitative estimate of drug-likeness (QED) is 0.714. The van der Waals surface area contributed by atoms with Gasteiger partial charge in [-0.3, -0.25) is 14.7 Å². The summed E-state index contributed by atoms with van der Waals surface area (Å²) >= 11 is 0. The third kappa shape index (κ3) is 3.63. The standard InChI is InChI=1S/C15H18N4O3/c1-10(2)19-12-7-4-3-6-11(12)17-14(19)18-15(22)16-9-5-8-13(20)21/h3-4,6-7H,1,5,8-9H2,2H3,(H,20,21)(H2,16,17,18,22). The van der Waals surface area contributed by atoms with Gasteiger partial charge in [0.15, 0.2) is 0 Å². The normalized spacial score (nSPS) is 10.4. The van der Waals surface area contributed by atoms with Crippen LogP contribution in [0.4, 0.5) is 10.7 Å². The van der Waals surface area contributed by atoms with Crippen LogP contribution in [0.3, 0.4) is 0 Å². The maximum absolute atomic E-state index is 11.9. The predicted octanol–water partition coefficient (Wildman–Crippen LogP) is 2.51. The Bertz CT molecular complexity index is 721. The van der Waals surface area contributed by atoms with Crippen LogP contribution < -0.4 is 10.6 Å². The molecule has 0 aliphatic carbocycles. The molecule has 0 radical (unpaired) electrons. The third-order valence-electron chi connectivity index (χ3n) is 3.02. The number of carbonyl (C=O) groups is 2. The van der Waals surface area contributed by atoms with E-state index in [-0.39, 0.29) is 13.0 Å². The Morgan fingerprint density at radius 1 is 1.36 bits per heavy atom. The molecule has 2 aromatic rings. The van der Waals surface area contributed by atoms with E-state index in [9.17, 15) is 9.59 Å². The largest absolute Gasteiger partial charge is 0.481 e. The Hall–Kier alpha value is -2.83. The number of rotatable bonds is 6. The Labute approximate surface area is 127 Å². The molecule has 0 spiro atoms. The zero-order valence-electron chi connectivity index (χ0n) is 12.3. The zero-order valence-corrected chi connectivity index (χ0v) is 12.3. The lowest BCUT2D eigenvalue weighted by molar-refractivity contribution is -0.137. The predicted molar refractivity (Wildman–Crippen MR) is 84.6 cm³/mol. The minimum atomic E-state index is -0.883. The molecule has 2 rings (SSSR count). The Balaban J connectivity index is 2.07. The van der Waals surface area contributed by atoms with Gasteiger partial charge in [0.2, 0.25) is 5.95 Å². The Kier molecular flexibility index (Phi) is 4.77. The highest BCUT2D eigenvalue weighted by Gasteiger charge is 2.13. The number of anilines is 1. The van der Waals surface area contributed by atoms with Crippen LogP contribution in [0.5, 0.6) is 0 Å². The van der Waals surface area contributed by atoms with Crippen molar-refractivity contribution in [2.24, 2.45) is 0 Å². The lowest BCUT2D eigenvalue weighted by atomic mass is 10.3. The summed E-state index contributed by atoms with van der Waals surface area (Å²) in [4.78, 5) is 26.6. The monoisotopic (exact) mass is 302 g/mol. The molecule has 0 fully saturated rings. The van der Waals surface area contributed by atoms with Gasteiger partial charge < -0.3 is 10.4 Å². The van der Waals surface area contributed by atoms with Gasteiger partial charge in [0.1, 0.15) is 0 Å². The summed E-state index contributed by atoms with van der Waals surface area (Å²) in [5.74, 6) is -0.504. The number of allylic oxidation sites excluding steroid dienone is 1. The number of carboxylic acids is 1. The number of para-hydroxylation sites is 2. The molecule has 3 N–H and O–H groups in total. The number of nitrogens with zero attached hydrogens (tertiary/aromatic N) is 2. The third-order valence-corrected chi connectivity index (χ3v) is 3.02. The fraction of sp³-hybridized carbons (Fsp3) is 0.267. The number of fused-ring (bicyclic) bond motifs is 1. The van der Waals surface area contributed by atoms with Gasteiger partial charge in [-0.25, -0.2) is 9.78 Å². The molecule has 1 aromatic heterocycles. The van der Waals surface area contributed by atoms with Gasteiger partial charge in [-0.05, 0) is 25.5 Å². The first-order valence-corrected chi connectivity index (χ1v) is 6.89. The maximum atomic E-state index is 11.9. The Morgan fingerprint density at radius 3 is 2.77 bits per heavy atom. The van der Waals surface area contributed by atoms with Gasteiger partial charge in [0.25, 0.3) is 0 Å². The van der Waals surface area contributed by atoms with Crippen molar-refractivity contribution in [3.63, 3.8) is 0 Å². The summed E-state index contributed by atoms with van der Waals surface area (Å²) in [7, 11) is 0. The highest BCUT2D eigenvalue weighted by Crippen LogP contribution is 2.22. The first-order chi connectivity index (χ1) is 10.5. The van der Waals surface area contributed by atoms with E-state index in [4.69, 9.17) is 5.11 Å². The number of urea groups is 1. The summed E-state index contributed by atoms with van der Waals surface area (Å²) in [5.41, 5.74) is 2.35. The smallest absolute Gasteiger partial charge is 0.321 e. The molecule has 116 valence electrons. The average molecular weight is 302 g/mol. The van der Waals surface area contributed by atoms with Crippen molar-refractivity contribution in [1.82, 2.24) is 14.9 Å². The van der Waals surface area contributed by atoms with Crippen molar-refractivity contribution >= 4 is 34.7 Å². The van der Waals surface area contributed by atoms with Gasteiger partial charge in [-0.15, -0.1) is 0 Å². The molecular formula is C15H18N4O3. The van der Waals surface area contributed by atoms with Crippen LogP contribution in [0, 0.1) is 0 Å². The van der Waals surface area contributed by atoms with Gasteiger partial charge in [-0.2, -0.15) is 0 Å². The lowest BCUT2D eigenvalue weighted by Gasteiger charge is -2.10. The van der Waals surface area contributed by atoms with Gasteiger partial charge in [0.05, 0.1) is 11.0 Å². The molecule has 1 heterocycles. The van der Waals surface area contributed by atoms with Crippen molar-refractivity contribution in [2.45, 2.75) is 19.8 Å². The second-order valence-corrected chi connectivity index (χ2v) is 4.87. The fourth-order valence-corrected chi connectivity index (χ4v) is 2.08. The number of nitrogens with one attached hydrogen (secondary N) is 2. The van der Waals surface area contributed by atoms with Gasteiger partial charge in [-0.1, -0.05) is 18.7 Å². The molecule has 0 bridgehead atoms.